The molecule has 70 valence electrons. The zero-order chi connectivity index (χ0) is 9.72. The predicted octanol–water partition coefficient (Wildman–Crippen LogP) is 0.594. The van der Waals surface area contributed by atoms with Gasteiger partial charge in [0.2, 0.25) is 0 Å². The number of carboxylic acids is 1. The molecule has 1 atom stereocenters. The standard InChI is InChI=1S/C7H13NO4/c1-4(2)12-7(11)8-5(3)6(9)10/h4-5H,1-3H3,(H,8,11)(H,9,10). The van der Waals surface area contributed by atoms with Gasteiger partial charge in [-0.15, -0.1) is 0 Å². The Morgan fingerprint density at radius 3 is 2.17 bits per heavy atom. The van der Waals surface area contributed by atoms with Crippen LogP contribution in [0.4, 0.5) is 4.79 Å². The summed E-state index contributed by atoms with van der Waals surface area (Å²) in [6.45, 7) is 4.74. The number of carbonyl (C=O) groups excluding carboxylic acids is 1. The summed E-state index contributed by atoms with van der Waals surface area (Å²) in [6, 6.07) is -0.920. The highest BCUT2D eigenvalue weighted by Crippen LogP contribution is 1.90. The van der Waals surface area contributed by atoms with Gasteiger partial charge < -0.3 is 15.2 Å². The van der Waals surface area contributed by atoms with Crippen molar-refractivity contribution in [2.75, 3.05) is 0 Å². The first kappa shape index (κ1) is 10.7. The summed E-state index contributed by atoms with van der Waals surface area (Å²) >= 11 is 0. The number of aliphatic carboxylic acids is 1. The van der Waals surface area contributed by atoms with Crippen LogP contribution in [-0.4, -0.2) is 29.3 Å². The minimum Gasteiger partial charge on any atom is -0.480 e. The molecule has 0 aliphatic rings. The third-order valence-electron chi connectivity index (χ3n) is 1.05. The Morgan fingerprint density at radius 1 is 1.33 bits per heavy atom. The van der Waals surface area contributed by atoms with Gasteiger partial charge in [0, 0.05) is 0 Å². The van der Waals surface area contributed by atoms with Crippen molar-refractivity contribution >= 4 is 12.1 Å². The van der Waals surface area contributed by atoms with E-state index in [1.807, 2.05) is 0 Å². The average molecular weight is 175 g/mol. The topological polar surface area (TPSA) is 75.6 Å². The van der Waals surface area contributed by atoms with Gasteiger partial charge >= 0.3 is 12.1 Å². The molecule has 1 unspecified atom stereocenters. The average Bonchev–Trinajstić information content (AvgIpc) is 1.84. The van der Waals surface area contributed by atoms with Crippen LogP contribution >= 0.6 is 0 Å². The molecule has 0 radical (unpaired) electrons. The van der Waals surface area contributed by atoms with Gasteiger partial charge in [-0.25, -0.2) is 4.79 Å². The molecule has 12 heavy (non-hydrogen) atoms. The number of nitrogens with one attached hydrogen (secondary N) is 1. The highest BCUT2D eigenvalue weighted by Gasteiger charge is 2.14. The van der Waals surface area contributed by atoms with Crippen LogP contribution in [0.2, 0.25) is 0 Å². The maximum absolute atomic E-state index is 10.8. The lowest BCUT2D eigenvalue weighted by Gasteiger charge is -2.11. The SMILES string of the molecule is CC(C)OC(=O)NC(C)C(=O)O. The first-order chi connectivity index (χ1) is 5.43. The molecule has 5 nitrogen and oxygen atoms in total. The normalized spacial score (nSPS) is 12.3. The lowest BCUT2D eigenvalue weighted by atomic mass is 10.3. The first-order valence-corrected chi connectivity index (χ1v) is 3.63. The van der Waals surface area contributed by atoms with Crippen molar-refractivity contribution in [2.45, 2.75) is 32.9 Å². The number of hydrogen-bond donors (Lipinski definition) is 2. The smallest absolute Gasteiger partial charge is 0.408 e. The van der Waals surface area contributed by atoms with Crippen LogP contribution in [0.3, 0.4) is 0 Å². The third kappa shape index (κ3) is 4.54. The second-order valence-corrected chi connectivity index (χ2v) is 2.66. The fourth-order valence-corrected chi connectivity index (χ4v) is 0.487. The van der Waals surface area contributed by atoms with Crippen molar-refractivity contribution in [1.29, 1.82) is 0 Å². The third-order valence-corrected chi connectivity index (χ3v) is 1.05. The molecule has 2 N–H and O–H groups in total. The fourth-order valence-electron chi connectivity index (χ4n) is 0.487. The van der Waals surface area contributed by atoms with E-state index < -0.39 is 18.1 Å². The summed E-state index contributed by atoms with van der Waals surface area (Å²) in [6.07, 6.45) is -0.953. The minimum absolute atomic E-state index is 0.244. The van der Waals surface area contributed by atoms with Crippen molar-refractivity contribution in [2.24, 2.45) is 0 Å². The van der Waals surface area contributed by atoms with E-state index in [-0.39, 0.29) is 6.10 Å². The molecule has 0 aliphatic heterocycles. The molecular weight excluding hydrogens is 162 g/mol. The molecule has 0 rings (SSSR count). The molecule has 0 aromatic carbocycles. The van der Waals surface area contributed by atoms with Gasteiger partial charge in [0.1, 0.15) is 6.04 Å². The summed E-state index contributed by atoms with van der Waals surface area (Å²) in [5.74, 6) is -1.09. The second kappa shape index (κ2) is 4.58. The van der Waals surface area contributed by atoms with Gasteiger partial charge in [-0.2, -0.15) is 0 Å². The number of alkyl carbamates (subject to hydrolysis) is 1. The predicted molar refractivity (Wildman–Crippen MR) is 41.9 cm³/mol. The van der Waals surface area contributed by atoms with Crippen LogP contribution in [0.5, 0.6) is 0 Å². The lowest BCUT2D eigenvalue weighted by Crippen LogP contribution is -2.39. The monoisotopic (exact) mass is 175 g/mol. The molecule has 5 heteroatoms. The van der Waals surface area contributed by atoms with Gasteiger partial charge in [0.15, 0.2) is 0 Å². The number of amides is 1. The van der Waals surface area contributed by atoms with E-state index in [0.717, 1.165) is 0 Å². The highest BCUT2D eigenvalue weighted by molar-refractivity contribution is 5.79. The molecular formula is C7H13NO4. The summed E-state index contributed by atoms with van der Waals surface area (Å²) < 4.78 is 4.66. The Labute approximate surface area is 70.7 Å². The highest BCUT2D eigenvalue weighted by atomic mass is 16.6. The van der Waals surface area contributed by atoms with Crippen LogP contribution in [-0.2, 0) is 9.53 Å². The van der Waals surface area contributed by atoms with Crippen molar-refractivity contribution in [3.8, 4) is 0 Å². The minimum atomic E-state index is -1.09. The molecule has 0 fully saturated rings. The molecule has 0 bridgehead atoms. The van der Waals surface area contributed by atoms with E-state index in [0.29, 0.717) is 0 Å². The van der Waals surface area contributed by atoms with Crippen LogP contribution in [0.25, 0.3) is 0 Å². The van der Waals surface area contributed by atoms with E-state index in [1.54, 1.807) is 13.8 Å². The molecule has 0 aromatic rings. The maximum atomic E-state index is 10.8. The number of carboxylic acid groups (broad SMARTS) is 1. The van der Waals surface area contributed by atoms with Gasteiger partial charge in [-0.3, -0.25) is 4.79 Å². The van der Waals surface area contributed by atoms with Crippen LogP contribution in [0.1, 0.15) is 20.8 Å². The molecule has 1 amide bonds. The lowest BCUT2D eigenvalue weighted by molar-refractivity contribution is -0.138. The Bertz CT molecular complexity index is 178. The van der Waals surface area contributed by atoms with E-state index in [9.17, 15) is 9.59 Å². The fraction of sp³-hybridized carbons (Fsp3) is 0.714. The van der Waals surface area contributed by atoms with Crippen molar-refractivity contribution in [1.82, 2.24) is 5.32 Å². The summed E-state index contributed by atoms with van der Waals surface area (Å²) in [7, 11) is 0. The van der Waals surface area contributed by atoms with Crippen molar-refractivity contribution in [3.63, 3.8) is 0 Å². The summed E-state index contributed by atoms with van der Waals surface area (Å²) in [4.78, 5) is 21.0. The van der Waals surface area contributed by atoms with E-state index >= 15 is 0 Å². The van der Waals surface area contributed by atoms with Gasteiger partial charge in [0.25, 0.3) is 0 Å². The zero-order valence-corrected chi connectivity index (χ0v) is 7.33. The number of ether oxygens (including phenoxy) is 1. The molecule has 0 aromatic heterocycles. The quantitative estimate of drug-likeness (QED) is 0.658. The molecule has 0 saturated carbocycles. The van der Waals surface area contributed by atoms with E-state index in [2.05, 4.69) is 10.1 Å². The maximum Gasteiger partial charge on any atom is 0.408 e. The molecule has 0 aliphatic carbocycles. The molecule has 0 saturated heterocycles. The van der Waals surface area contributed by atoms with Crippen LogP contribution in [0, 0.1) is 0 Å². The number of carbonyl (C=O) groups is 2. The Balaban J connectivity index is 3.77. The summed E-state index contributed by atoms with van der Waals surface area (Å²) in [5, 5.41) is 10.5. The van der Waals surface area contributed by atoms with Gasteiger partial charge in [-0.05, 0) is 20.8 Å². The first-order valence-electron chi connectivity index (χ1n) is 3.63. The van der Waals surface area contributed by atoms with E-state index in [1.165, 1.54) is 6.92 Å². The second-order valence-electron chi connectivity index (χ2n) is 2.66. The zero-order valence-electron chi connectivity index (χ0n) is 7.33. The number of rotatable bonds is 3. The van der Waals surface area contributed by atoms with E-state index in [4.69, 9.17) is 5.11 Å². The van der Waals surface area contributed by atoms with Crippen LogP contribution in [0.15, 0.2) is 0 Å². The van der Waals surface area contributed by atoms with Crippen LogP contribution < -0.4 is 5.32 Å². The summed E-state index contributed by atoms with van der Waals surface area (Å²) in [5.41, 5.74) is 0. The number of hydrogen-bond acceptors (Lipinski definition) is 3. The van der Waals surface area contributed by atoms with Crippen molar-refractivity contribution < 1.29 is 19.4 Å². The Morgan fingerprint density at radius 2 is 1.83 bits per heavy atom. The Hall–Kier alpha value is -1.26. The molecule has 0 heterocycles. The molecule has 0 spiro atoms. The van der Waals surface area contributed by atoms with Gasteiger partial charge in [0.05, 0.1) is 6.10 Å². The van der Waals surface area contributed by atoms with Gasteiger partial charge in [-0.1, -0.05) is 0 Å². The largest absolute Gasteiger partial charge is 0.480 e. The van der Waals surface area contributed by atoms with Crippen molar-refractivity contribution in [3.05, 3.63) is 0 Å². The Kier molecular flexibility index (Phi) is 4.10.